The Kier molecular flexibility index (Phi) is 7.99. The lowest BCUT2D eigenvalue weighted by molar-refractivity contribution is -0.137. The number of benzene rings is 2. The first-order valence-electron chi connectivity index (χ1n) is 13.5. The van der Waals surface area contributed by atoms with Gasteiger partial charge in [-0.25, -0.2) is 0 Å². The molecule has 2 atom stereocenters. The number of aliphatic hydroxyl groups is 1. The lowest BCUT2D eigenvalue weighted by atomic mass is 9.79. The smallest absolute Gasteiger partial charge is 0.223 e. The maximum atomic E-state index is 14.2. The molecule has 0 bridgehead atoms. The average Bonchev–Trinajstić information content (AvgIpc) is 3.35. The molecule has 1 aliphatic heterocycles. The van der Waals surface area contributed by atoms with Gasteiger partial charge in [-0.1, -0.05) is 112 Å². The van der Waals surface area contributed by atoms with Gasteiger partial charge in [-0.2, -0.15) is 0 Å². The van der Waals surface area contributed by atoms with Gasteiger partial charge < -0.3 is 10.0 Å². The fraction of sp³-hybridized carbons (Fsp3) is 0.567. The molecule has 2 fully saturated rings. The normalized spacial score (nSPS) is 20.9. The lowest BCUT2D eigenvalue weighted by Crippen LogP contribution is -2.53. The molecule has 0 unspecified atom stereocenters. The molecule has 1 saturated carbocycles. The fourth-order valence-electron chi connectivity index (χ4n) is 6.41. The Morgan fingerprint density at radius 3 is 2.00 bits per heavy atom. The lowest BCUT2D eigenvalue weighted by Gasteiger charge is -2.42. The second kappa shape index (κ2) is 10.8. The standard InChI is InChI=1S/C30H43NO2Si/c1-34(2,3)27(22-21-24-14-7-4-8-15-24)29(32)31-23-13-20-28(31)30(33,25-16-9-5-10-17-25)26-18-11-6-12-19-26/h5-6,9-12,16-19,24,27-28,33H,4,7-8,13-15,20-23H2,1-3H3/t27-,28-/m0/s1. The van der Waals surface area contributed by atoms with Crippen molar-refractivity contribution in [2.45, 2.75) is 94.6 Å². The zero-order valence-corrected chi connectivity index (χ0v) is 22.4. The van der Waals surface area contributed by atoms with Crippen LogP contribution in [-0.4, -0.2) is 36.6 Å². The highest BCUT2D eigenvalue weighted by molar-refractivity contribution is 6.80. The van der Waals surface area contributed by atoms with Gasteiger partial charge in [-0.05, 0) is 42.7 Å². The van der Waals surface area contributed by atoms with Crippen molar-refractivity contribution in [2.75, 3.05) is 6.54 Å². The predicted octanol–water partition coefficient (Wildman–Crippen LogP) is 6.98. The van der Waals surface area contributed by atoms with E-state index in [9.17, 15) is 9.90 Å². The molecule has 1 heterocycles. The van der Waals surface area contributed by atoms with E-state index in [2.05, 4.69) is 24.5 Å². The van der Waals surface area contributed by atoms with Crippen molar-refractivity contribution in [2.24, 2.45) is 5.92 Å². The first kappa shape index (κ1) is 25.2. The summed E-state index contributed by atoms with van der Waals surface area (Å²) >= 11 is 0. The highest BCUT2D eigenvalue weighted by Crippen LogP contribution is 2.43. The summed E-state index contributed by atoms with van der Waals surface area (Å²) in [6.07, 6.45) is 10.7. The van der Waals surface area contributed by atoms with Gasteiger partial charge >= 0.3 is 0 Å². The molecule has 4 rings (SSSR count). The van der Waals surface area contributed by atoms with Crippen LogP contribution < -0.4 is 0 Å². The highest BCUT2D eigenvalue weighted by atomic mass is 28.3. The van der Waals surface area contributed by atoms with Crippen molar-refractivity contribution in [3.8, 4) is 0 Å². The van der Waals surface area contributed by atoms with Gasteiger partial charge in [0, 0.05) is 12.1 Å². The van der Waals surface area contributed by atoms with Crippen molar-refractivity contribution in [1.29, 1.82) is 0 Å². The van der Waals surface area contributed by atoms with Crippen LogP contribution in [0.5, 0.6) is 0 Å². The summed E-state index contributed by atoms with van der Waals surface area (Å²) < 4.78 is 0. The second-order valence-electron chi connectivity index (χ2n) is 11.7. The number of likely N-dealkylation sites (tertiary alicyclic amines) is 1. The SMILES string of the molecule is C[Si](C)(C)[C@@H](CCC1CCCCC1)C(=O)N1CCC[C@H]1C(O)(c1ccccc1)c1ccccc1. The van der Waals surface area contributed by atoms with E-state index in [1.165, 1.54) is 38.5 Å². The Balaban J connectivity index is 1.63. The van der Waals surface area contributed by atoms with E-state index in [1.807, 2.05) is 60.7 Å². The number of hydrogen-bond acceptors (Lipinski definition) is 2. The summed E-state index contributed by atoms with van der Waals surface area (Å²) in [6, 6.07) is 19.7. The summed E-state index contributed by atoms with van der Waals surface area (Å²) in [4.78, 5) is 16.3. The molecule has 0 spiro atoms. The van der Waals surface area contributed by atoms with Crippen LogP contribution in [0, 0.1) is 5.92 Å². The molecule has 0 aromatic heterocycles. The average molecular weight is 478 g/mol. The zero-order chi connectivity index (χ0) is 24.2. The molecular formula is C30H43NO2Si. The van der Waals surface area contributed by atoms with Crippen molar-refractivity contribution in [1.82, 2.24) is 4.90 Å². The molecular weight excluding hydrogens is 434 g/mol. The Labute approximate surface area is 207 Å². The Hall–Kier alpha value is -1.91. The zero-order valence-electron chi connectivity index (χ0n) is 21.4. The molecule has 34 heavy (non-hydrogen) atoms. The summed E-state index contributed by atoms with van der Waals surface area (Å²) in [5, 5.41) is 12.4. The molecule has 2 aliphatic rings. The summed E-state index contributed by atoms with van der Waals surface area (Å²) in [5.41, 5.74) is 0.656. The van der Waals surface area contributed by atoms with Gasteiger partial charge in [0.2, 0.25) is 5.91 Å². The van der Waals surface area contributed by atoms with E-state index in [0.717, 1.165) is 42.9 Å². The predicted molar refractivity (Wildman–Crippen MR) is 144 cm³/mol. The number of rotatable bonds is 8. The van der Waals surface area contributed by atoms with E-state index < -0.39 is 13.7 Å². The monoisotopic (exact) mass is 477 g/mol. The van der Waals surface area contributed by atoms with E-state index in [4.69, 9.17) is 0 Å². The molecule has 2 aromatic rings. The number of carbonyl (C=O) groups excluding carboxylic acids is 1. The minimum atomic E-state index is -1.72. The van der Waals surface area contributed by atoms with E-state index in [-0.39, 0.29) is 11.6 Å². The largest absolute Gasteiger partial charge is 0.378 e. The molecule has 1 amide bonds. The van der Waals surface area contributed by atoms with Crippen LogP contribution in [0.25, 0.3) is 0 Å². The topological polar surface area (TPSA) is 40.5 Å². The van der Waals surface area contributed by atoms with Crippen molar-refractivity contribution in [3.05, 3.63) is 71.8 Å². The number of nitrogens with zero attached hydrogens (tertiary/aromatic N) is 1. The summed E-state index contributed by atoms with van der Waals surface area (Å²) in [6.45, 7) is 7.79. The van der Waals surface area contributed by atoms with Gasteiger partial charge in [0.05, 0.1) is 14.1 Å². The van der Waals surface area contributed by atoms with Gasteiger partial charge in [-0.3, -0.25) is 4.79 Å². The Bertz CT molecular complexity index is 878. The maximum Gasteiger partial charge on any atom is 0.223 e. The molecule has 2 aromatic carbocycles. The van der Waals surface area contributed by atoms with Gasteiger partial charge in [0.15, 0.2) is 0 Å². The van der Waals surface area contributed by atoms with Crippen LogP contribution in [0.2, 0.25) is 25.2 Å². The van der Waals surface area contributed by atoms with Crippen molar-refractivity contribution in [3.63, 3.8) is 0 Å². The van der Waals surface area contributed by atoms with E-state index in [0.29, 0.717) is 5.91 Å². The minimum Gasteiger partial charge on any atom is -0.378 e. The Morgan fingerprint density at radius 2 is 1.47 bits per heavy atom. The third kappa shape index (κ3) is 5.33. The second-order valence-corrected chi connectivity index (χ2v) is 17.1. The molecule has 1 aliphatic carbocycles. The van der Waals surface area contributed by atoms with Gasteiger partial charge in [0.1, 0.15) is 5.60 Å². The molecule has 0 radical (unpaired) electrons. The van der Waals surface area contributed by atoms with Crippen LogP contribution in [-0.2, 0) is 10.4 Å². The van der Waals surface area contributed by atoms with Crippen LogP contribution in [0.4, 0.5) is 0 Å². The summed E-state index contributed by atoms with van der Waals surface area (Å²) in [5.74, 6) is 1.09. The Morgan fingerprint density at radius 1 is 0.912 bits per heavy atom. The molecule has 184 valence electrons. The quantitative estimate of drug-likeness (QED) is 0.417. The van der Waals surface area contributed by atoms with Crippen LogP contribution >= 0.6 is 0 Å². The van der Waals surface area contributed by atoms with Crippen molar-refractivity contribution < 1.29 is 9.90 Å². The number of hydrogen-bond donors (Lipinski definition) is 1. The number of amides is 1. The third-order valence-electron chi connectivity index (χ3n) is 8.38. The van der Waals surface area contributed by atoms with Crippen LogP contribution in [0.15, 0.2) is 60.7 Å². The third-order valence-corrected chi connectivity index (χ3v) is 11.0. The van der Waals surface area contributed by atoms with Crippen LogP contribution in [0.3, 0.4) is 0 Å². The van der Waals surface area contributed by atoms with Crippen LogP contribution in [0.1, 0.15) is 68.9 Å². The summed E-state index contributed by atoms with van der Waals surface area (Å²) in [7, 11) is -1.72. The van der Waals surface area contributed by atoms with Gasteiger partial charge in [-0.15, -0.1) is 0 Å². The maximum absolute atomic E-state index is 14.2. The molecule has 1 saturated heterocycles. The first-order valence-corrected chi connectivity index (χ1v) is 17.0. The minimum absolute atomic E-state index is 0.117. The van der Waals surface area contributed by atoms with Gasteiger partial charge in [0.25, 0.3) is 0 Å². The highest BCUT2D eigenvalue weighted by Gasteiger charge is 2.49. The molecule has 1 N–H and O–H groups in total. The van der Waals surface area contributed by atoms with E-state index in [1.54, 1.807) is 0 Å². The van der Waals surface area contributed by atoms with E-state index >= 15 is 0 Å². The molecule has 3 nitrogen and oxygen atoms in total. The van der Waals surface area contributed by atoms with Crippen molar-refractivity contribution >= 4 is 14.0 Å². The number of carbonyl (C=O) groups is 1. The first-order chi connectivity index (χ1) is 16.3. The molecule has 4 heteroatoms. The fourth-order valence-corrected chi connectivity index (χ4v) is 8.35.